The molecule has 1 saturated carbocycles. The van der Waals surface area contributed by atoms with E-state index < -0.39 is 6.10 Å². The van der Waals surface area contributed by atoms with Crippen LogP contribution in [0, 0.1) is 11.7 Å². The molecule has 0 saturated heterocycles. The molecule has 0 radical (unpaired) electrons. The zero-order chi connectivity index (χ0) is 12.4. The minimum absolute atomic E-state index is 0.313. The summed E-state index contributed by atoms with van der Waals surface area (Å²) in [5.74, 6) is 0.437. The van der Waals surface area contributed by atoms with E-state index in [0.717, 1.165) is 24.7 Å². The van der Waals surface area contributed by atoms with E-state index in [0.29, 0.717) is 5.56 Å². The Morgan fingerprint density at radius 1 is 1.47 bits per heavy atom. The lowest BCUT2D eigenvalue weighted by atomic mass is 10.1. The molecule has 1 aliphatic carbocycles. The van der Waals surface area contributed by atoms with Gasteiger partial charge in [-0.05, 0) is 44.7 Å². The van der Waals surface area contributed by atoms with Gasteiger partial charge in [0, 0.05) is 24.3 Å². The van der Waals surface area contributed by atoms with Crippen LogP contribution in [0.25, 0.3) is 0 Å². The molecule has 94 valence electrons. The molecule has 0 heterocycles. The maximum Gasteiger partial charge on any atom is 0.131 e. The molecule has 17 heavy (non-hydrogen) atoms. The molecule has 1 aliphatic rings. The molecule has 0 amide bonds. The molecule has 1 aromatic carbocycles. The number of hydrogen-bond donors (Lipinski definition) is 1. The van der Waals surface area contributed by atoms with Crippen molar-refractivity contribution in [2.45, 2.75) is 32.8 Å². The summed E-state index contributed by atoms with van der Waals surface area (Å²) in [6.45, 7) is 5.51. The smallest absolute Gasteiger partial charge is 0.131 e. The Bertz CT molecular complexity index is 388. The van der Waals surface area contributed by atoms with Crippen LogP contribution in [0.2, 0.25) is 0 Å². The van der Waals surface area contributed by atoms with Crippen molar-refractivity contribution < 1.29 is 9.50 Å². The van der Waals surface area contributed by atoms with Crippen molar-refractivity contribution in [1.29, 1.82) is 0 Å². The highest BCUT2D eigenvalue weighted by atomic mass is 19.1. The van der Waals surface area contributed by atoms with Gasteiger partial charge in [0.05, 0.1) is 6.10 Å². The highest BCUT2D eigenvalue weighted by molar-refractivity contribution is 5.55. The molecule has 0 spiro atoms. The lowest BCUT2D eigenvalue weighted by molar-refractivity contribution is 0.194. The molecule has 3 heteroatoms. The van der Waals surface area contributed by atoms with E-state index in [1.54, 1.807) is 13.0 Å². The van der Waals surface area contributed by atoms with E-state index in [1.165, 1.54) is 18.9 Å². The number of aliphatic hydroxyl groups excluding tert-OH is 1. The molecule has 0 aromatic heterocycles. The third-order valence-electron chi connectivity index (χ3n) is 3.35. The number of hydrogen-bond acceptors (Lipinski definition) is 2. The van der Waals surface area contributed by atoms with Crippen LogP contribution >= 0.6 is 0 Å². The van der Waals surface area contributed by atoms with Gasteiger partial charge in [-0.15, -0.1) is 0 Å². The Labute approximate surface area is 102 Å². The Hall–Kier alpha value is -1.09. The third-order valence-corrected chi connectivity index (χ3v) is 3.35. The fourth-order valence-corrected chi connectivity index (χ4v) is 2.22. The largest absolute Gasteiger partial charge is 0.389 e. The van der Waals surface area contributed by atoms with Gasteiger partial charge in [0.2, 0.25) is 0 Å². The molecule has 1 N–H and O–H groups in total. The maximum absolute atomic E-state index is 13.8. The number of aliphatic hydroxyl groups is 1. The first kappa shape index (κ1) is 12.4. The Morgan fingerprint density at radius 3 is 2.71 bits per heavy atom. The predicted octanol–water partition coefficient (Wildman–Crippen LogP) is 3.12. The summed E-state index contributed by atoms with van der Waals surface area (Å²) in [5, 5.41) is 9.71. The molecule has 2 nitrogen and oxygen atoms in total. The van der Waals surface area contributed by atoms with Gasteiger partial charge in [-0.25, -0.2) is 4.39 Å². The lowest BCUT2D eigenvalue weighted by Crippen LogP contribution is -2.27. The highest BCUT2D eigenvalue weighted by Crippen LogP contribution is 2.34. The van der Waals surface area contributed by atoms with Crippen molar-refractivity contribution in [3.8, 4) is 0 Å². The summed E-state index contributed by atoms with van der Waals surface area (Å²) < 4.78 is 13.8. The van der Waals surface area contributed by atoms with Crippen LogP contribution in [0.3, 0.4) is 0 Å². The van der Waals surface area contributed by atoms with E-state index in [9.17, 15) is 9.50 Å². The van der Waals surface area contributed by atoms with Crippen LogP contribution < -0.4 is 4.90 Å². The molecule has 0 aliphatic heterocycles. The van der Waals surface area contributed by atoms with E-state index in [4.69, 9.17) is 0 Å². The first-order valence-corrected chi connectivity index (χ1v) is 6.35. The summed E-state index contributed by atoms with van der Waals surface area (Å²) in [5.41, 5.74) is 1.27. The quantitative estimate of drug-likeness (QED) is 0.850. The number of rotatable bonds is 5. The van der Waals surface area contributed by atoms with Crippen molar-refractivity contribution in [2.75, 3.05) is 18.0 Å². The van der Waals surface area contributed by atoms with Gasteiger partial charge in [0.25, 0.3) is 0 Å². The standard InChI is InChI=1S/C14H20FNO/c1-3-16(9-11-7-8-11)13-6-4-5-12(15)14(13)10(2)17/h4-6,10-11,17H,3,7-9H2,1-2H3. The molecule has 1 unspecified atom stereocenters. The maximum atomic E-state index is 13.8. The molecular weight excluding hydrogens is 217 g/mol. The first-order chi connectivity index (χ1) is 8.13. The van der Waals surface area contributed by atoms with Crippen molar-refractivity contribution in [1.82, 2.24) is 0 Å². The molecule has 1 fully saturated rings. The highest BCUT2D eigenvalue weighted by Gasteiger charge is 2.26. The number of halogens is 1. The first-order valence-electron chi connectivity index (χ1n) is 6.35. The van der Waals surface area contributed by atoms with Gasteiger partial charge in [-0.3, -0.25) is 0 Å². The van der Waals surface area contributed by atoms with E-state index in [1.807, 2.05) is 6.07 Å². The molecule has 1 atom stereocenters. The van der Waals surface area contributed by atoms with Gasteiger partial charge in [-0.2, -0.15) is 0 Å². The van der Waals surface area contributed by atoms with Gasteiger partial charge >= 0.3 is 0 Å². The van der Waals surface area contributed by atoms with Crippen molar-refractivity contribution in [2.24, 2.45) is 5.92 Å². The third kappa shape index (κ3) is 2.78. The Balaban J connectivity index is 2.30. The second-order valence-electron chi connectivity index (χ2n) is 4.83. The number of benzene rings is 1. The second-order valence-corrected chi connectivity index (χ2v) is 4.83. The van der Waals surface area contributed by atoms with Crippen molar-refractivity contribution in [3.63, 3.8) is 0 Å². The summed E-state index contributed by atoms with van der Waals surface area (Å²) in [6.07, 6.45) is 1.78. The summed E-state index contributed by atoms with van der Waals surface area (Å²) in [4.78, 5) is 2.17. The van der Waals surface area contributed by atoms with Crippen molar-refractivity contribution >= 4 is 5.69 Å². The van der Waals surface area contributed by atoms with Gasteiger partial charge in [0.15, 0.2) is 0 Å². The second kappa shape index (κ2) is 5.05. The number of anilines is 1. The normalized spacial score (nSPS) is 16.9. The fraction of sp³-hybridized carbons (Fsp3) is 0.571. The molecule has 1 aromatic rings. The van der Waals surface area contributed by atoms with Gasteiger partial charge in [0.1, 0.15) is 5.82 Å². The van der Waals surface area contributed by atoms with Crippen LogP contribution in [-0.2, 0) is 0 Å². The average Bonchev–Trinajstić information content (AvgIpc) is 3.08. The Morgan fingerprint density at radius 2 is 2.18 bits per heavy atom. The lowest BCUT2D eigenvalue weighted by Gasteiger charge is -2.27. The zero-order valence-electron chi connectivity index (χ0n) is 10.5. The predicted molar refractivity (Wildman–Crippen MR) is 67.6 cm³/mol. The van der Waals surface area contributed by atoms with Crippen LogP contribution in [0.15, 0.2) is 18.2 Å². The molecular formula is C14H20FNO. The van der Waals surface area contributed by atoms with E-state index in [-0.39, 0.29) is 5.82 Å². The zero-order valence-corrected chi connectivity index (χ0v) is 10.5. The average molecular weight is 237 g/mol. The Kier molecular flexibility index (Phi) is 3.67. The van der Waals surface area contributed by atoms with Gasteiger partial charge < -0.3 is 10.0 Å². The molecule has 2 rings (SSSR count). The minimum Gasteiger partial charge on any atom is -0.389 e. The molecule has 0 bridgehead atoms. The van der Waals surface area contributed by atoms with Crippen molar-refractivity contribution in [3.05, 3.63) is 29.6 Å². The van der Waals surface area contributed by atoms with Crippen LogP contribution in [-0.4, -0.2) is 18.2 Å². The minimum atomic E-state index is -0.764. The summed E-state index contributed by atoms with van der Waals surface area (Å²) >= 11 is 0. The number of nitrogens with zero attached hydrogens (tertiary/aromatic N) is 1. The van der Waals surface area contributed by atoms with Crippen LogP contribution in [0.1, 0.15) is 38.4 Å². The van der Waals surface area contributed by atoms with Crippen LogP contribution in [0.5, 0.6) is 0 Å². The van der Waals surface area contributed by atoms with E-state index in [2.05, 4.69) is 11.8 Å². The van der Waals surface area contributed by atoms with Crippen LogP contribution in [0.4, 0.5) is 10.1 Å². The summed E-state index contributed by atoms with van der Waals surface area (Å²) in [6, 6.07) is 5.03. The monoisotopic (exact) mass is 237 g/mol. The SMILES string of the molecule is CCN(CC1CC1)c1cccc(F)c1C(C)O. The summed E-state index contributed by atoms with van der Waals surface area (Å²) in [7, 11) is 0. The van der Waals surface area contributed by atoms with Gasteiger partial charge in [-0.1, -0.05) is 6.07 Å². The fourth-order valence-electron chi connectivity index (χ4n) is 2.22. The topological polar surface area (TPSA) is 23.5 Å². The van der Waals surface area contributed by atoms with E-state index >= 15 is 0 Å².